The zero-order chi connectivity index (χ0) is 14.5. The molecule has 1 aromatic heterocycles. The number of anilines is 1. The van der Waals surface area contributed by atoms with E-state index in [1.54, 1.807) is 28.3 Å². The van der Waals surface area contributed by atoms with Crippen molar-refractivity contribution in [3.63, 3.8) is 0 Å². The van der Waals surface area contributed by atoms with Crippen molar-refractivity contribution in [1.82, 2.24) is 14.9 Å². The molecule has 3 rings (SSSR count). The van der Waals surface area contributed by atoms with E-state index in [-0.39, 0.29) is 6.03 Å². The lowest BCUT2D eigenvalue weighted by molar-refractivity contribution is 0.225. The van der Waals surface area contributed by atoms with Crippen molar-refractivity contribution in [1.29, 1.82) is 0 Å². The number of amides is 2. The Morgan fingerprint density at radius 2 is 1.81 bits per heavy atom. The van der Waals surface area contributed by atoms with E-state index < -0.39 is 0 Å². The third-order valence-corrected chi connectivity index (χ3v) is 3.32. The van der Waals surface area contributed by atoms with Crippen LogP contribution >= 0.6 is 0 Å². The normalized spacial score (nSPS) is 15.1. The maximum Gasteiger partial charge on any atom is 0.327 e. The largest absolute Gasteiger partial charge is 0.327 e. The predicted molar refractivity (Wildman–Crippen MR) is 81.8 cm³/mol. The van der Waals surface area contributed by atoms with E-state index >= 15 is 0 Å². The number of hydrogen-bond acceptors (Lipinski definition) is 3. The van der Waals surface area contributed by atoms with Gasteiger partial charge in [0.15, 0.2) is 0 Å². The summed E-state index contributed by atoms with van der Waals surface area (Å²) >= 11 is 0. The second-order valence-corrected chi connectivity index (χ2v) is 4.74. The van der Waals surface area contributed by atoms with E-state index in [4.69, 9.17) is 0 Å². The number of carbonyl (C=O) groups is 1. The van der Waals surface area contributed by atoms with Crippen LogP contribution in [0.15, 0.2) is 54.9 Å². The van der Waals surface area contributed by atoms with Crippen LogP contribution < -0.4 is 4.90 Å². The summed E-state index contributed by atoms with van der Waals surface area (Å²) in [5, 5.41) is 0. The molecule has 1 aliphatic heterocycles. The molecule has 1 aliphatic rings. The Morgan fingerprint density at radius 3 is 2.57 bits per heavy atom. The van der Waals surface area contributed by atoms with E-state index in [2.05, 4.69) is 9.97 Å². The van der Waals surface area contributed by atoms with Gasteiger partial charge in [-0.05, 0) is 11.6 Å². The maximum atomic E-state index is 12.3. The Morgan fingerprint density at radius 1 is 1.05 bits per heavy atom. The van der Waals surface area contributed by atoms with Gasteiger partial charge in [0.2, 0.25) is 5.95 Å². The van der Waals surface area contributed by atoms with E-state index in [1.807, 2.05) is 42.5 Å². The predicted octanol–water partition coefficient (Wildman–Crippen LogP) is 2.43. The van der Waals surface area contributed by atoms with Crippen LogP contribution in [-0.2, 0) is 0 Å². The lowest BCUT2D eigenvalue weighted by atomic mass is 10.2. The van der Waals surface area contributed by atoms with E-state index in [0.717, 1.165) is 5.56 Å². The van der Waals surface area contributed by atoms with Gasteiger partial charge in [-0.25, -0.2) is 14.8 Å². The molecule has 1 aromatic carbocycles. The molecule has 2 heterocycles. The minimum Gasteiger partial charge on any atom is -0.319 e. The van der Waals surface area contributed by atoms with Crippen molar-refractivity contribution >= 4 is 18.1 Å². The van der Waals surface area contributed by atoms with Gasteiger partial charge < -0.3 is 4.90 Å². The highest BCUT2D eigenvalue weighted by molar-refractivity contribution is 5.92. The molecule has 1 saturated heterocycles. The maximum absolute atomic E-state index is 12.3. The summed E-state index contributed by atoms with van der Waals surface area (Å²) in [5.41, 5.74) is 1.13. The van der Waals surface area contributed by atoms with Crippen LogP contribution in [0.2, 0.25) is 0 Å². The van der Waals surface area contributed by atoms with E-state index in [9.17, 15) is 4.79 Å². The molecule has 1 fully saturated rings. The molecule has 0 bridgehead atoms. The molecule has 0 unspecified atom stereocenters. The van der Waals surface area contributed by atoms with Gasteiger partial charge in [0.1, 0.15) is 0 Å². The molecule has 5 nitrogen and oxygen atoms in total. The van der Waals surface area contributed by atoms with Gasteiger partial charge in [-0.3, -0.25) is 4.90 Å². The molecular weight excluding hydrogens is 264 g/mol. The summed E-state index contributed by atoms with van der Waals surface area (Å²) in [6.45, 7) is 1.91. The first kappa shape index (κ1) is 13.3. The molecular formula is C16H16N4O. The minimum absolute atomic E-state index is 0.0427. The van der Waals surface area contributed by atoms with Gasteiger partial charge in [0.05, 0.1) is 0 Å². The van der Waals surface area contributed by atoms with Crippen LogP contribution in [0.4, 0.5) is 10.7 Å². The van der Waals surface area contributed by atoms with Crippen molar-refractivity contribution < 1.29 is 4.79 Å². The quantitative estimate of drug-likeness (QED) is 0.864. The third kappa shape index (κ3) is 3.08. The lowest BCUT2D eigenvalue weighted by Crippen LogP contribution is -2.32. The van der Waals surface area contributed by atoms with Gasteiger partial charge in [0.25, 0.3) is 0 Å². The summed E-state index contributed by atoms with van der Waals surface area (Å²) in [4.78, 5) is 23.9. The number of aromatic nitrogens is 2. The fourth-order valence-electron chi connectivity index (χ4n) is 2.25. The highest BCUT2D eigenvalue weighted by atomic mass is 16.2. The number of carbonyl (C=O) groups excluding carboxylic acids is 1. The van der Waals surface area contributed by atoms with Crippen LogP contribution in [0.5, 0.6) is 0 Å². The standard InChI is InChI=1S/C16H16N4O/c21-16-19(11-4-8-14-6-2-1-3-7-14)12-13-20(16)15-17-9-5-10-18-15/h1-10H,11-13H2. The molecule has 0 radical (unpaired) electrons. The van der Waals surface area contributed by atoms with Gasteiger partial charge in [-0.1, -0.05) is 42.5 Å². The summed E-state index contributed by atoms with van der Waals surface area (Å²) in [6.07, 6.45) is 7.32. The van der Waals surface area contributed by atoms with Gasteiger partial charge in [-0.2, -0.15) is 0 Å². The molecule has 106 valence electrons. The number of benzene rings is 1. The average molecular weight is 280 g/mol. The van der Waals surface area contributed by atoms with Crippen molar-refractivity contribution in [2.24, 2.45) is 0 Å². The molecule has 2 aromatic rings. The number of hydrogen-bond donors (Lipinski definition) is 0. The zero-order valence-electron chi connectivity index (χ0n) is 11.6. The first-order chi connectivity index (χ1) is 10.3. The molecule has 2 amide bonds. The fourth-order valence-corrected chi connectivity index (χ4v) is 2.25. The Balaban J connectivity index is 1.61. The molecule has 0 atom stereocenters. The second-order valence-electron chi connectivity index (χ2n) is 4.74. The van der Waals surface area contributed by atoms with E-state index in [0.29, 0.717) is 25.6 Å². The van der Waals surface area contributed by atoms with Crippen LogP contribution in [0.3, 0.4) is 0 Å². The Hall–Kier alpha value is -2.69. The summed E-state index contributed by atoms with van der Waals surface area (Å²) in [7, 11) is 0. The number of urea groups is 1. The van der Waals surface area contributed by atoms with Crippen molar-refractivity contribution in [3.05, 3.63) is 60.4 Å². The summed E-state index contributed by atoms with van der Waals surface area (Å²) in [6, 6.07) is 11.7. The van der Waals surface area contributed by atoms with Crippen molar-refractivity contribution in [2.75, 3.05) is 24.5 Å². The van der Waals surface area contributed by atoms with Crippen LogP contribution in [-0.4, -0.2) is 40.5 Å². The molecule has 0 N–H and O–H groups in total. The lowest BCUT2D eigenvalue weighted by Gasteiger charge is -2.15. The first-order valence-corrected chi connectivity index (χ1v) is 6.89. The highest BCUT2D eigenvalue weighted by Gasteiger charge is 2.30. The molecule has 0 aliphatic carbocycles. The smallest absolute Gasteiger partial charge is 0.319 e. The highest BCUT2D eigenvalue weighted by Crippen LogP contribution is 2.15. The first-order valence-electron chi connectivity index (χ1n) is 6.89. The van der Waals surface area contributed by atoms with Gasteiger partial charge >= 0.3 is 6.03 Å². The average Bonchev–Trinajstić information content (AvgIpc) is 2.90. The van der Waals surface area contributed by atoms with Crippen molar-refractivity contribution in [3.8, 4) is 0 Å². The second kappa shape index (κ2) is 6.17. The SMILES string of the molecule is O=C1N(CC=Cc2ccccc2)CCN1c1ncccn1. The van der Waals surface area contributed by atoms with Crippen LogP contribution in [0, 0.1) is 0 Å². The summed E-state index contributed by atoms with van der Waals surface area (Å²) < 4.78 is 0. The molecule has 0 spiro atoms. The Bertz CT molecular complexity index is 627. The monoisotopic (exact) mass is 280 g/mol. The zero-order valence-corrected chi connectivity index (χ0v) is 11.6. The topological polar surface area (TPSA) is 49.3 Å². The van der Waals surface area contributed by atoms with Crippen molar-refractivity contribution in [2.45, 2.75) is 0 Å². The number of rotatable bonds is 4. The van der Waals surface area contributed by atoms with Crippen LogP contribution in [0.1, 0.15) is 5.56 Å². The Labute approximate surface area is 123 Å². The summed E-state index contributed by atoms with van der Waals surface area (Å²) in [5.74, 6) is 0.469. The molecule has 0 saturated carbocycles. The fraction of sp³-hybridized carbons (Fsp3) is 0.188. The number of nitrogens with zero attached hydrogens (tertiary/aromatic N) is 4. The van der Waals surface area contributed by atoms with Crippen LogP contribution in [0.25, 0.3) is 6.08 Å². The third-order valence-electron chi connectivity index (χ3n) is 3.32. The van der Waals surface area contributed by atoms with Gasteiger partial charge in [0, 0.05) is 32.0 Å². The van der Waals surface area contributed by atoms with E-state index in [1.165, 1.54) is 0 Å². The van der Waals surface area contributed by atoms with Gasteiger partial charge in [-0.15, -0.1) is 0 Å². The molecule has 21 heavy (non-hydrogen) atoms. The Kier molecular flexibility index (Phi) is 3.91. The minimum atomic E-state index is -0.0427. The molecule has 5 heteroatoms.